The average molecular weight is 369 g/mol. The predicted octanol–water partition coefficient (Wildman–Crippen LogP) is 5.31. The van der Waals surface area contributed by atoms with Gasteiger partial charge in [-0.2, -0.15) is 0 Å². The molecule has 2 aromatic heterocycles. The lowest BCUT2D eigenvalue weighted by Crippen LogP contribution is -2.06. The van der Waals surface area contributed by atoms with Crippen LogP contribution < -0.4 is 4.74 Å². The minimum Gasteiger partial charge on any atom is -0.480 e. The highest BCUT2D eigenvalue weighted by atomic mass is 16.5. The Morgan fingerprint density at radius 1 is 1.19 bits per heavy atom. The Morgan fingerprint density at radius 2 is 1.89 bits per heavy atom. The van der Waals surface area contributed by atoms with Gasteiger partial charge in [0.25, 0.3) is 0 Å². The van der Waals surface area contributed by atoms with Crippen molar-refractivity contribution in [3.63, 3.8) is 0 Å². The molecule has 0 spiro atoms. The zero-order chi connectivity index (χ0) is 20.1. The van der Waals surface area contributed by atoms with E-state index in [9.17, 15) is 5.11 Å². The van der Waals surface area contributed by atoms with Crippen LogP contribution in [0.1, 0.15) is 62.5 Å². The maximum atomic E-state index is 9.30. The van der Waals surface area contributed by atoms with Crippen LogP contribution in [-0.4, -0.2) is 28.8 Å². The molecule has 0 radical (unpaired) electrons. The summed E-state index contributed by atoms with van der Waals surface area (Å²) in [6.45, 7) is 12.7. The standard InChI is InChI=1S/C23H32N2O2/c1-8-18(15(4)11-12-26)20-13-16(5)22(24-17(20)6)19-9-10-21(14(2)3)25-23(19)27-7/h8-10,13-15,26H,11-12H2,1-7H3/b18-8-/t15-/m0/s1. The molecule has 2 aromatic rings. The summed E-state index contributed by atoms with van der Waals surface area (Å²) < 4.78 is 5.56. The maximum absolute atomic E-state index is 9.30. The molecule has 2 heterocycles. The molecule has 2 rings (SSSR count). The molecule has 1 atom stereocenters. The first-order valence-electron chi connectivity index (χ1n) is 9.64. The van der Waals surface area contributed by atoms with Gasteiger partial charge in [0.15, 0.2) is 0 Å². The number of aryl methyl sites for hydroxylation is 2. The lowest BCUT2D eigenvalue weighted by molar-refractivity contribution is 0.276. The topological polar surface area (TPSA) is 55.2 Å². The van der Waals surface area contributed by atoms with Crippen LogP contribution in [0.2, 0.25) is 0 Å². The largest absolute Gasteiger partial charge is 0.480 e. The quantitative estimate of drug-likeness (QED) is 0.719. The van der Waals surface area contributed by atoms with Crippen LogP contribution in [0.25, 0.3) is 16.8 Å². The molecule has 0 unspecified atom stereocenters. The normalized spacial score (nSPS) is 13.1. The number of hydrogen-bond acceptors (Lipinski definition) is 4. The Kier molecular flexibility index (Phi) is 7.14. The lowest BCUT2D eigenvalue weighted by Gasteiger charge is -2.19. The van der Waals surface area contributed by atoms with Crippen molar-refractivity contribution >= 4 is 5.57 Å². The van der Waals surface area contributed by atoms with Crippen LogP contribution in [0.5, 0.6) is 5.88 Å². The molecule has 0 aliphatic heterocycles. The molecule has 27 heavy (non-hydrogen) atoms. The van der Waals surface area contributed by atoms with Crippen LogP contribution in [0.3, 0.4) is 0 Å². The fourth-order valence-corrected chi connectivity index (χ4v) is 3.44. The van der Waals surface area contributed by atoms with E-state index in [1.54, 1.807) is 7.11 Å². The fraction of sp³-hybridized carbons (Fsp3) is 0.478. The molecule has 0 bridgehead atoms. The van der Waals surface area contributed by atoms with E-state index in [4.69, 9.17) is 9.72 Å². The maximum Gasteiger partial charge on any atom is 0.222 e. The summed E-state index contributed by atoms with van der Waals surface area (Å²) in [5.41, 5.74) is 7.26. The third-order valence-corrected chi connectivity index (χ3v) is 5.04. The molecule has 4 heteroatoms. The summed E-state index contributed by atoms with van der Waals surface area (Å²) in [5.74, 6) is 1.24. The monoisotopic (exact) mass is 368 g/mol. The van der Waals surface area contributed by atoms with Crippen molar-refractivity contribution in [2.45, 2.75) is 53.9 Å². The molecule has 146 valence electrons. The molecular weight excluding hydrogens is 336 g/mol. The second-order valence-electron chi connectivity index (χ2n) is 7.39. The van der Waals surface area contributed by atoms with Gasteiger partial charge in [-0.05, 0) is 73.9 Å². The van der Waals surface area contributed by atoms with Crippen molar-refractivity contribution in [2.24, 2.45) is 5.92 Å². The first-order valence-corrected chi connectivity index (χ1v) is 9.64. The first-order chi connectivity index (χ1) is 12.8. The highest BCUT2D eigenvalue weighted by Gasteiger charge is 2.18. The van der Waals surface area contributed by atoms with Crippen molar-refractivity contribution in [3.8, 4) is 17.1 Å². The summed E-state index contributed by atoms with van der Waals surface area (Å²) in [5, 5.41) is 9.30. The van der Waals surface area contributed by atoms with Gasteiger partial charge in [0, 0.05) is 18.0 Å². The number of pyridine rings is 2. The second-order valence-corrected chi connectivity index (χ2v) is 7.39. The van der Waals surface area contributed by atoms with Crippen LogP contribution in [0.15, 0.2) is 24.3 Å². The molecule has 0 saturated heterocycles. The Morgan fingerprint density at radius 3 is 2.44 bits per heavy atom. The van der Waals surface area contributed by atoms with Crippen molar-refractivity contribution < 1.29 is 9.84 Å². The minimum absolute atomic E-state index is 0.188. The molecule has 0 fully saturated rings. The van der Waals surface area contributed by atoms with Gasteiger partial charge in [0.1, 0.15) is 0 Å². The van der Waals surface area contributed by atoms with E-state index < -0.39 is 0 Å². The van der Waals surface area contributed by atoms with Crippen molar-refractivity contribution in [3.05, 3.63) is 46.8 Å². The van der Waals surface area contributed by atoms with E-state index in [1.807, 2.05) is 19.9 Å². The lowest BCUT2D eigenvalue weighted by atomic mass is 9.89. The molecule has 0 aliphatic carbocycles. The summed E-state index contributed by atoms with van der Waals surface area (Å²) in [4.78, 5) is 9.58. The van der Waals surface area contributed by atoms with E-state index in [1.165, 1.54) is 5.57 Å². The number of methoxy groups -OCH3 is 1. The van der Waals surface area contributed by atoms with E-state index in [-0.39, 0.29) is 12.5 Å². The van der Waals surface area contributed by atoms with Gasteiger partial charge >= 0.3 is 0 Å². The summed E-state index contributed by atoms with van der Waals surface area (Å²) in [6, 6.07) is 6.30. The first kappa shape index (κ1) is 21.1. The Labute approximate surface area is 163 Å². The van der Waals surface area contributed by atoms with Crippen LogP contribution >= 0.6 is 0 Å². The predicted molar refractivity (Wildman–Crippen MR) is 112 cm³/mol. The molecule has 0 aliphatic rings. The number of allylic oxidation sites excluding steroid dienone is 2. The summed E-state index contributed by atoms with van der Waals surface area (Å²) in [7, 11) is 1.65. The highest BCUT2D eigenvalue weighted by molar-refractivity contribution is 5.74. The van der Waals surface area contributed by atoms with Gasteiger partial charge in [0.05, 0.1) is 18.4 Å². The third-order valence-electron chi connectivity index (χ3n) is 5.04. The summed E-state index contributed by atoms with van der Waals surface area (Å²) in [6.07, 6.45) is 2.87. The van der Waals surface area contributed by atoms with Gasteiger partial charge in [-0.1, -0.05) is 26.8 Å². The SMILES string of the molecule is C/C=C(\c1cc(C)c(-c2ccc(C(C)C)nc2OC)nc1C)[C@@H](C)CCO. The number of aromatic nitrogens is 2. The third kappa shape index (κ3) is 4.56. The number of hydrogen-bond donors (Lipinski definition) is 1. The number of aliphatic hydroxyl groups excluding tert-OH is 1. The van der Waals surface area contributed by atoms with Crippen molar-refractivity contribution in [1.29, 1.82) is 0 Å². The Balaban J connectivity index is 2.54. The van der Waals surface area contributed by atoms with Crippen molar-refractivity contribution in [2.75, 3.05) is 13.7 Å². The van der Waals surface area contributed by atoms with Crippen LogP contribution in [0, 0.1) is 19.8 Å². The number of ether oxygens (including phenoxy) is 1. The molecule has 0 saturated carbocycles. The van der Waals surface area contributed by atoms with E-state index in [2.05, 4.69) is 50.9 Å². The van der Waals surface area contributed by atoms with Gasteiger partial charge in [-0.3, -0.25) is 4.98 Å². The van der Waals surface area contributed by atoms with Crippen LogP contribution in [-0.2, 0) is 0 Å². The molecule has 1 N–H and O–H groups in total. The van der Waals surface area contributed by atoms with E-state index in [0.29, 0.717) is 11.8 Å². The average Bonchev–Trinajstić information content (AvgIpc) is 2.64. The molecule has 4 nitrogen and oxygen atoms in total. The minimum atomic E-state index is 0.188. The van der Waals surface area contributed by atoms with Gasteiger partial charge in [0.2, 0.25) is 5.88 Å². The number of nitrogens with zero attached hydrogens (tertiary/aromatic N) is 2. The van der Waals surface area contributed by atoms with Crippen LogP contribution in [0.4, 0.5) is 0 Å². The molecule has 0 aromatic carbocycles. The highest BCUT2D eigenvalue weighted by Crippen LogP contribution is 2.35. The Bertz CT molecular complexity index is 825. The molecule has 0 amide bonds. The zero-order valence-electron chi connectivity index (χ0n) is 17.6. The molecular formula is C23H32N2O2. The zero-order valence-corrected chi connectivity index (χ0v) is 17.6. The number of rotatable bonds is 7. The second kappa shape index (κ2) is 9.14. The Hall–Kier alpha value is -2.20. The van der Waals surface area contributed by atoms with Crippen molar-refractivity contribution in [1.82, 2.24) is 9.97 Å². The summed E-state index contributed by atoms with van der Waals surface area (Å²) >= 11 is 0. The smallest absolute Gasteiger partial charge is 0.222 e. The van der Waals surface area contributed by atoms with Gasteiger partial charge in [-0.25, -0.2) is 4.98 Å². The van der Waals surface area contributed by atoms with E-state index in [0.717, 1.165) is 40.2 Å². The van der Waals surface area contributed by atoms with Gasteiger partial charge < -0.3 is 9.84 Å². The fourth-order valence-electron chi connectivity index (χ4n) is 3.44. The van der Waals surface area contributed by atoms with Gasteiger partial charge in [-0.15, -0.1) is 0 Å². The van der Waals surface area contributed by atoms with E-state index >= 15 is 0 Å². The number of aliphatic hydroxyl groups is 1.